The number of nitriles is 1. The molecule has 11 heteroatoms. The van der Waals surface area contributed by atoms with Crippen LogP contribution in [0.3, 0.4) is 0 Å². The third kappa shape index (κ3) is 5.15. The second kappa shape index (κ2) is 12.0. The Morgan fingerprint density at radius 1 is 1.03 bits per heavy atom. The van der Waals surface area contributed by atoms with Gasteiger partial charge in [-0.2, -0.15) is 0 Å². The van der Waals surface area contributed by atoms with Crippen molar-refractivity contribution in [3.05, 3.63) is 106 Å². The number of rotatable bonds is 9. The molecule has 0 saturated carbocycles. The molecule has 0 unspecified atom stereocenters. The summed E-state index contributed by atoms with van der Waals surface area (Å²) in [4.78, 5) is 36.8. The predicted molar refractivity (Wildman–Crippen MR) is 150 cm³/mol. The van der Waals surface area contributed by atoms with Gasteiger partial charge in [-0.05, 0) is 0 Å². The number of benzene rings is 4. The van der Waals surface area contributed by atoms with Gasteiger partial charge >= 0.3 is 230 Å². The van der Waals surface area contributed by atoms with Gasteiger partial charge in [-0.25, -0.2) is 0 Å². The van der Waals surface area contributed by atoms with Crippen molar-refractivity contribution in [2.24, 2.45) is 5.18 Å². The second-order valence-electron chi connectivity index (χ2n) is 7.90. The molecule has 187 valence electrons. The van der Waals surface area contributed by atoms with Crippen LogP contribution in [0.2, 0.25) is 0 Å². The van der Waals surface area contributed by atoms with Gasteiger partial charge in [0.15, 0.2) is 0 Å². The minimum absolute atomic E-state index is 0.00798. The van der Waals surface area contributed by atoms with E-state index in [1.54, 1.807) is 18.2 Å². The average Bonchev–Trinajstić information content (AvgIpc) is 2.94. The summed E-state index contributed by atoms with van der Waals surface area (Å²) < 4.78 is 0.951. The monoisotopic (exact) mass is 631 g/mol. The molecule has 4 rings (SSSR count). The Morgan fingerprint density at radius 3 is 2.05 bits per heavy atom. The standard InChI is InChI=1S/C21H14N4O4P.C6H5O.Sb/c1-24(14-26)21-18(12-15(13-22)20(25(28)29)19(21)23-27)30(16-8-4-2-5-9-16)17-10-6-3-7-11-17;7-6-4-2-1-3-5-6;/h2-11,14H,1H3;1-4,7H;. The van der Waals surface area contributed by atoms with Crippen LogP contribution in [0.25, 0.3) is 0 Å². The predicted octanol–water partition coefficient (Wildman–Crippen LogP) is 2.58. The normalized spacial score (nSPS) is 10.6. The average molecular weight is 632 g/mol. The number of phenols is 1. The summed E-state index contributed by atoms with van der Waals surface area (Å²) in [5, 5.41) is 38.2. The first-order chi connectivity index (χ1) is 18.4. The Hall–Kier alpha value is -4.11. The molecular weight excluding hydrogens is 613 g/mol. The van der Waals surface area contributed by atoms with Gasteiger partial charge < -0.3 is 0 Å². The van der Waals surface area contributed by atoms with Crippen molar-refractivity contribution < 1.29 is 14.8 Å². The summed E-state index contributed by atoms with van der Waals surface area (Å²) >= 11 is -1.91. The van der Waals surface area contributed by atoms with E-state index in [-0.39, 0.29) is 17.0 Å². The first-order valence-corrected chi connectivity index (χ1v) is 15.0. The van der Waals surface area contributed by atoms with E-state index in [1.807, 2.05) is 66.7 Å². The van der Waals surface area contributed by atoms with Crippen molar-refractivity contribution in [2.45, 2.75) is 0 Å². The molecule has 9 nitrogen and oxygen atoms in total. The Kier molecular flexibility index (Phi) is 8.48. The number of amides is 1. The molecule has 4 aromatic carbocycles. The van der Waals surface area contributed by atoms with E-state index < -0.39 is 45.8 Å². The molecule has 0 aliphatic rings. The molecular formula is C27H19N4O5PSb. The molecule has 1 radical (unpaired) electrons. The summed E-state index contributed by atoms with van der Waals surface area (Å²) in [6.45, 7) is 0. The van der Waals surface area contributed by atoms with Gasteiger partial charge in [-0.15, -0.1) is 0 Å². The van der Waals surface area contributed by atoms with Gasteiger partial charge in [0.05, 0.1) is 0 Å². The number of phenolic OH excluding ortho intramolecular Hbond substituents is 1. The zero-order valence-corrected chi connectivity index (χ0v) is 23.4. The van der Waals surface area contributed by atoms with Gasteiger partial charge in [0.1, 0.15) is 0 Å². The van der Waals surface area contributed by atoms with E-state index in [9.17, 15) is 30.2 Å². The SMILES string of the molecule is CN(C=O)c1c(N=O)c([N+](=O)[O-])c(C#N)[c]([Sb][c]2ccccc2O)c1P(c1ccccc1)c1ccccc1. The number of hydrogen-bond acceptors (Lipinski definition) is 7. The van der Waals surface area contributed by atoms with Gasteiger partial charge in [0, 0.05) is 0 Å². The Bertz CT molecular complexity index is 1520. The van der Waals surface area contributed by atoms with Crippen LogP contribution in [0.1, 0.15) is 5.56 Å². The number of nitroso groups, excluding NO2 is 1. The fourth-order valence-electron chi connectivity index (χ4n) is 4.00. The Balaban J connectivity index is 2.25. The van der Waals surface area contributed by atoms with Crippen LogP contribution < -0.4 is 27.8 Å². The number of para-hydroxylation sites is 1. The molecule has 0 aliphatic carbocycles. The van der Waals surface area contributed by atoms with Crippen molar-refractivity contribution in [2.75, 3.05) is 11.9 Å². The van der Waals surface area contributed by atoms with Crippen molar-refractivity contribution in [3.63, 3.8) is 0 Å². The van der Waals surface area contributed by atoms with Crippen LogP contribution in [0, 0.1) is 26.4 Å². The minimum atomic E-state index is -1.91. The zero-order chi connectivity index (χ0) is 27.2. The third-order valence-electron chi connectivity index (χ3n) is 5.63. The van der Waals surface area contributed by atoms with Crippen molar-refractivity contribution in [1.29, 1.82) is 5.26 Å². The topological polar surface area (TPSA) is 137 Å². The van der Waals surface area contributed by atoms with Crippen LogP contribution in [0.5, 0.6) is 5.75 Å². The maximum atomic E-state index is 12.2. The molecule has 0 saturated heterocycles. The number of aromatic hydroxyl groups is 1. The van der Waals surface area contributed by atoms with E-state index in [2.05, 4.69) is 5.18 Å². The van der Waals surface area contributed by atoms with Gasteiger partial charge in [-0.3, -0.25) is 0 Å². The molecule has 0 aromatic heterocycles. The molecule has 1 amide bonds. The summed E-state index contributed by atoms with van der Waals surface area (Å²) in [6.07, 6.45) is 0.458. The quantitative estimate of drug-likeness (QED) is 0.0753. The first kappa shape index (κ1) is 26.9. The number of carbonyl (C=O) groups excluding carboxylic acids is 1. The molecule has 0 spiro atoms. The van der Waals surface area contributed by atoms with Crippen LogP contribution in [0.15, 0.2) is 90.1 Å². The molecule has 4 aromatic rings. The number of nitrogens with zero attached hydrogens (tertiary/aromatic N) is 4. The Morgan fingerprint density at radius 2 is 1.58 bits per heavy atom. The molecule has 1 N–H and O–H groups in total. The summed E-state index contributed by atoms with van der Waals surface area (Å²) in [6, 6.07) is 27.3. The Labute approximate surface area is 229 Å². The molecule has 38 heavy (non-hydrogen) atoms. The van der Waals surface area contributed by atoms with Gasteiger partial charge in [0.2, 0.25) is 0 Å². The van der Waals surface area contributed by atoms with Gasteiger partial charge in [0.25, 0.3) is 0 Å². The van der Waals surface area contributed by atoms with E-state index in [1.165, 1.54) is 13.1 Å². The number of hydrogen-bond donors (Lipinski definition) is 1. The van der Waals surface area contributed by atoms with Crippen LogP contribution in [-0.4, -0.2) is 45.1 Å². The fraction of sp³-hybridized carbons (Fsp3) is 0.0370. The van der Waals surface area contributed by atoms with Crippen molar-refractivity contribution in [1.82, 2.24) is 0 Å². The van der Waals surface area contributed by atoms with Crippen LogP contribution >= 0.6 is 7.92 Å². The second-order valence-corrected chi connectivity index (χ2v) is 13.3. The molecule has 0 aliphatic heterocycles. The van der Waals surface area contributed by atoms with Crippen molar-refractivity contribution in [3.8, 4) is 11.8 Å². The number of nitro benzene ring substituents is 1. The van der Waals surface area contributed by atoms with Gasteiger partial charge in [-0.1, -0.05) is 0 Å². The number of nitro groups is 1. The number of carbonyl (C=O) groups is 1. The zero-order valence-electron chi connectivity index (χ0n) is 19.9. The van der Waals surface area contributed by atoms with E-state index in [0.717, 1.165) is 15.5 Å². The summed E-state index contributed by atoms with van der Waals surface area (Å²) in [5.74, 6) is 0.00798. The fourth-order valence-corrected chi connectivity index (χ4v) is 10.8. The molecule has 0 bridgehead atoms. The molecule has 0 atom stereocenters. The maximum absolute atomic E-state index is 12.2. The van der Waals surface area contributed by atoms with Crippen LogP contribution in [0.4, 0.5) is 17.1 Å². The van der Waals surface area contributed by atoms with E-state index >= 15 is 0 Å². The summed E-state index contributed by atoms with van der Waals surface area (Å²) in [5.41, 5.74) is -1.61. The van der Waals surface area contributed by atoms with Crippen molar-refractivity contribution >= 4 is 75.9 Å². The van der Waals surface area contributed by atoms with E-state index in [0.29, 0.717) is 18.7 Å². The number of anilines is 1. The molecule has 0 fully saturated rings. The van der Waals surface area contributed by atoms with E-state index in [4.69, 9.17) is 0 Å². The first-order valence-electron chi connectivity index (χ1n) is 11.1. The van der Waals surface area contributed by atoms with Crippen LogP contribution in [-0.2, 0) is 4.79 Å². The summed E-state index contributed by atoms with van der Waals surface area (Å²) in [7, 11) is -0.129. The third-order valence-corrected chi connectivity index (χ3v) is 12.4. The molecule has 0 heterocycles.